The zero-order valence-electron chi connectivity index (χ0n) is 20.6. The molecule has 0 bridgehead atoms. The second-order valence-electron chi connectivity index (χ2n) is 9.03. The molecular weight excluding hydrogens is 626 g/mol. The van der Waals surface area contributed by atoms with Crippen LogP contribution in [0.25, 0.3) is 32.2 Å². The Kier molecular flexibility index (Phi) is 10.1. The first kappa shape index (κ1) is 27.8. The maximum atomic E-state index is 14.5. The van der Waals surface area contributed by atoms with Gasteiger partial charge in [0.05, 0.1) is 18.7 Å². The van der Waals surface area contributed by atoms with Gasteiger partial charge >= 0.3 is 0 Å². The first-order valence-electron chi connectivity index (χ1n) is 12.7. The molecule has 1 aromatic carbocycles. The fourth-order valence-electron chi connectivity index (χ4n) is 4.22. The van der Waals surface area contributed by atoms with Crippen molar-refractivity contribution in [2.75, 3.05) is 0 Å². The van der Waals surface area contributed by atoms with E-state index in [1.807, 2.05) is 0 Å². The van der Waals surface area contributed by atoms with E-state index in [1.54, 1.807) is 22.7 Å². The largest absolute Gasteiger partial charge is 0.242 e. The van der Waals surface area contributed by atoms with Crippen molar-refractivity contribution in [2.45, 2.75) is 78.1 Å². The Morgan fingerprint density at radius 2 is 1.06 bits per heavy atom. The lowest BCUT2D eigenvalue weighted by atomic mass is 10.1. The molecule has 8 heteroatoms. The van der Waals surface area contributed by atoms with E-state index >= 15 is 0 Å². The summed E-state index contributed by atoms with van der Waals surface area (Å²) >= 11 is 9.87. The third-order valence-electron chi connectivity index (χ3n) is 6.23. The quantitative estimate of drug-likeness (QED) is 0.0862. The first-order valence-corrected chi connectivity index (χ1v) is 15.9. The van der Waals surface area contributed by atoms with E-state index in [9.17, 15) is 8.78 Å². The van der Waals surface area contributed by atoms with E-state index < -0.39 is 11.6 Å². The molecule has 0 aliphatic carbocycles. The van der Waals surface area contributed by atoms with Gasteiger partial charge in [0, 0.05) is 9.75 Å². The first-order chi connectivity index (χ1) is 17.4. The van der Waals surface area contributed by atoms with E-state index in [-0.39, 0.29) is 8.95 Å². The van der Waals surface area contributed by atoms with E-state index in [1.165, 1.54) is 61.1 Å². The van der Waals surface area contributed by atoms with Crippen molar-refractivity contribution < 1.29 is 8.78 Å². The monoisotopic (exact) mass is 654 g/mol. The van der Waals surface area contributed by atoms with E-state index in [0.717, 1.165) is 22.6 Å². The third kappa shape index (κ3) is 6.25. The number of hydrogen-bond acceptors (Lipinski definition) is 4. The third-order valence-corrected chi connectivity index (χ3v) is 9.98. The van der Waals surface area contributed by atoms with Gasteiger partial charge in [-0.05, 0) is 81.8 Å². The fraction of sp³-hybridized carbons (Fsp3) is 0.429. The van der Waals surface area contributed by atoms with Gasteiger partial charge in [0.15, 0.2) is 11.6 Å². The molecule has 0 aliphatic heterocycles. The maximum absolute atomic E-state index is 14.5. The molecule has 0 amide bonds. The molecular formula is C28H30Br2F2N2S2. The lowest BCUT2D eigenvalue weighted by molar-refractivity contribution is 0.502. The van der Waals surface area contributed by atoms with Gasteiger partial charge in [0.2, 0.25) is 0 Å². The normalized spacial score (nSPS) is 11.6. The summed E-state index contributed by atoms with van der Waals surface area (Å²) in [7, 11) is 0. The number of unbranched alkanes of at least 4 members (excludes halogenated alkanes) is 6. The predicted octanol–water partition coefficient (Wildman–Crippen LogP) is 11.1. The molecule has 2 nitrogen and oxygen atoms in total. The van der Waals surface area contributed by atoms with Crippen LogP contribution in [0.4, 0.5) is 8.78 Å². The number of aromatic nitrogens is 2. The lowest BCUT2D eigenvalue weighted by Gasteiger charge is -2.11. The van der Waals surface area contributed by atoms with Crippen LogP contribution in [0.3, 0.4) is 0 Å². The minimum Gasteiger partial charge on any atom is -0.242 e. The van der Waals surface area contributed by atoms with Crippen LogP contribution in [-0.2, 0) is 12.8 Å². The Hall–Kier alpha value is -1.22. The number of fused-ring (bicyclic) bond motifs is 1. The molecule has 192 valence electrons. The zero-order chi connectivity index (χ0) is 25.7. The molecule has 4 aromatic rings. The minimum absolute atomic E-state index is 0.00219. The molecule has 3 aromatic heterocycles. The zero-order valence-corrected chi connectivity index (χ0v) is 25.4. The average Bonchev–Trinajstić information content (AvgIpc) is 3.56. The smallest absolute Gasteiger partial charge is 0.176 e. The number of thiophene rings is 2. The molecule has 0 unspecified atom stereocenters. The van der Waals surface area contributed by atoms with Crippen LogP contribution in [0.2, 0.25) is 0 Å². The highest BCUT2D eigenvalue weighted by atomic mass is 79.9. The van der Waals surface area contributed by atoms with Crippen molar-refractivity contribution in [1.29, 1.82) is 0 Å². The van der Waals surface area contributed by atoms with Gasteiger partial charge in [-0.15, -0.1) is 22.7 Å². The molecule has 4 rings (SSSR count). The van der Waals surface area contributed by atoms with Gasteiger partial charge in [-0.2, -0.15) is 0 Å². The van der Waals surface area contributed by atoms with Crippen LogP contribution in [-0.4, -0.2) is 9.97 Å². The fourth-order valence-corrected chi connectivity index (χ4v) is 7.20. The van der Waals surface area contributed by atoms with Gasteiger partial charge in [-0.1, -0.05) is 52.4 Å². The molecule has 0 N–H and O–H groups in total. The Labute approximate surface area is 236 Å². The summed E-state index contributed by atoms with van der Waals surface area (Å²) in [5.74, 6) is -1.92. The van der Waals surface area contributed by atoms with E-state index in [2.05, 4.69) is 70.0 Å². The summed E-state index contributed by atoms with van der Waals surface area (Å²) in [6.45, 7) is 4.44. The van der Waals surface area contributed by atoms with E-state index in [4.69, 9.17) is 9.97 Å². The van der Waals surface area contributed by atoms with Crippen LogP contribution >= 0.6 is 54.5 Å². The topological polar surface area (TPSA) is 25.8 Å². The molecule has 0 fully saturated rings. The SMILES string of the molecule is CCCCCCc1ccc(-c2nc3c(Br)c(F)c(F)c(Br)c3nc2-c2ccc(CCCCCC)s2)s1. The highest BCUT2D eigenvalue weighted by Crippen LogP contribution is 2.42. The van der Waals surface area contributed by atoms with Crippen LogP contribution in [0.5, 0.6) is 0 Å². The van der Waals surface area contributed by atoms with Gasteiger partial charge in [-0.25, -0.2) is 18.7 Å². The molecule has 36 heavy (non-hydrogen) atoms. The summed E-state index contributed by atoms with van der Waals surface area (Å²) in [5.41, 5.74) is 2.05. The minimum atomic E-state index is -0.962. The molecule has 0 saturated carbocycles. The van der Waals surface area contributed by atoms with Crippen molar-refractivity contribution in [3.05, 3.63) is 54.6 Å². The van der Waals surface area contributed by atoms with Gasteiger partial charge in [-0.3, -0.25) is 0 Å². The van der Waals surface area contributed by atoms with Crippen molar-refractivity contribution in [2.24, 2.45) is 0 Å². The summed E-state index contributed by atoms with van der Waals surface area (Å²) in [6.07, 6.45) is 11.8. The molecule has 0 spiro atoms. The lowest BCUT2D eigenvalue weighted by Crippen LogP contribution is -1.99. The second-order valence-corrected chi connectivity index (χ2v) is 12.9. The van der Waals surface area contributed by atoms with Gasteiger partial charge < -0.3 is 0 Å². The summed E-state index contributed by atoms with van der Waals surface area (Å²) in [5, 5.41) is 0. The number of nitrogens with zero attached hydrogens (tertiary/aromatic N) is 2. The Morgan fingerprint density at radius 1 is 0.639 bits per heavy atom. The summed E-state index contributed by atoms with van der Waals surface area (Å²) < 4.78 is 29.1. The number of benzene rings is 1. The maximum Gasteiger partial charge on any atom is 0.176 e. The standard InChI is InChI=1S/C28H30Br2F2N2S2/c1-3-5-7-9-11-17-13-15-19(35-17)25-26(20-16-14-18(36-20)12-10-8-6-4-2)34-28-22(30)24(32)23(31)21(29)27(28)33-25/h13-16H,3-12H2,1-2H3. The van der Waals surface area contributed by atoms with Crippen molar-refractivity contribution >= 4 is 65.6 Å². The molecule has 0 aliphatic rings. The van der Waals surface area contributed by atoms with Crippen molar-refractivity contribution in [3.8, 4) is 21.1 Å². The molecule has 3 heterocycles. The highest BCUT2D eigenvalue weighted by Gasteiger charge is 2.24. The van der Waals surface area contributed by atoms with Crippen LogP contribution in [0.15, 0.2) is 33.2 Å². The predicted molar refractivity (Wildman–Crippen MR) is 157 cm³/mol. The van der Waals surface area contributed by atoms with Gasteiger partial charge in [0.1, 0.15) is 22.4 Å². The van der Waals surface area contributed by atoms with Gasteiger partial charge in [0.25, 0.3) is 0 Å². The number of aryl methyl sites for hydroxylation is 2. The Morgan fingerprint density at radius 3 is 1.44 bits per heavy atom. The Balaban J connectivity index is 1.76. The molecule has 0 radical (unpaired) electrons. The van der Waals surface area contributed by atoms with Crippen LogP contribution in [0, 0.1) is 11.6 Å². The van der Waals surface area contributed by atoms with Crippen molar-refractivity contribution in [3.63, 3.8) is 0 Å². The van der Waals surface area contributed by atoms with Crippen molar-refractivity contribution in [1.82, 2.24) is 9.97 Å². The average molecular weight is 656 g/mol. The van der Waals surface area contributed by atoms with Crippen LogP contribution in [0.1, 0.15) is 75.0 Å². The molecule has 0 atom stereocenters. The summed E-state index contributed by atoms with van der Waals surface area (Å²) in [6, 6.07) is 8.49. The molecule has 0 saturated heterocycles. The highest BCUT2D eigenvalue weighted by molar-refractivity contribution is 9.11. The van der Waals surface area contributed by atoms with E-state index in [0.29, 0.717) is 22.4 Å². The number of rotatable bonds is 12. The second kappa shape index (κ2) is 13.0. The number of hydrogen-bond donors (Lipinski definition) is 0. The van der Waals surface area contributed by atoms with Crippen LogP contribution < -0.4 is 0 Å². The Bertz CT molecular complexity index is 1230. The summed E-state index contributed by atoms with van der Waals surface area (Å²) in [4.78, 5) is 14.4. The number of halogens is 4.